The number of ether oxygens (including phenoxy) is 1. The number of carbonyl (C=O) groups is 1. The lowest BCUT2D eigenvalue weighted by atomic mass is 10.1. The van der Waals surface area contributed by atoms with E-state index in [-0.39, 0.29) is 5.69 Å². The first-order valence-corrected chi connectivity index (χ1v) is 7.25. The van der Waals surface area contributed by atoms with Gasteiger partial charge in [-0.15, -0.1) is 0 Å². The highest BCUT2D eigenvalue weighted by atomic mass is 19.1. The highest BCUT2D eigenvalue weighted by molar-refractivity contribution is 5.91. The number of fused-ring (bicyclic) bond motifs is 1. The van der Waals surface area contributed by atoms with E-state index in [2.05, 4.69) is 10.6 Å². The standard InChI is InChI=1S/C17H17FN2O3/c1-23-15-7-6-11(18)9-13(15)19-17(22)20-16-12-5-3-2-4-10(12)8-14(16)21/h2-7,9,14,16,21H,8H2,1H3,(H2,19,20,22)/t14-,16+/m0/s1. The number of hydrogen-bond acceptors (Lipinski definition) is 3. The summed E-state index contributed by atoms with van der Waals surface area (Å²) in [6.07, 6.45) is -0.197. The zero-order valence-corrected chi connectivity index (χ0v) is 12.5. The summed E-state index contributed by atoms with van der Waals surface area (Å²) in [5, 5.41) is 15.4. The summed E-state index contributed by atoms with van der Waals surface area (Å²) in [5.41, 5.74) is 2.13. The third-order valence-electron chi connectivity index (χ3n) is 3.90. The Labute approximate surface area is 133 Å². The number of urea groups is 1. The fraction of sp³-hybridized carbons (Fsp3) is 0.235. The molecule has 2 atom stereocenters. The van der Waals surface area contributed by atoms with Crippen molar-refractivity contribution in [1.82, 2.24) is 5.32 Å². The van der Waals surface area contributed by atoms with Gasteiger partial charge in [-0.05, 0) is 23.3 Å². The van der Waals surface area contributed by atoms with Gasteiger partial charge < -0.3 is 20.5 Å². The molecule has 0 heterocycles. The number of hydrogen-bond donors (Lipinski definition) is 3. The van der Waals surface area contributed by atoms with Crippen LogP contribution in [0.25, 0.3) is 0 Å². The quantitative estimate of drug-likeness (QED) is 0.815. The second-order valence-corrected chi connectivity index (χ2v) is 5.39. The van der Waals surface area contributed by atoms with Crippen molar-refractivity contribution in [2.24, 2.45) is 0 Å². The number of aliphatic hydroxyl groups is 1. The summed E-state index contributed by atoms with van der Waals surface area (Å²) < 4.78 is 18.4. The number of amides is 2. The fourth-order valence-corrected chi connectivity index (χ4v) is 2.83. The Hall–Kier alpha value is -2.60. The number of aliphatic hydroxyl groups excluding tert-OH is 1. The zero-order valence-electron chi connectivity index (χ0n) is 12.5. The van der Waals surface area contributed by atoms with Crippen LogP contribution in [-0.4, -0.2) is 24.4 Å². The van der Waals surface area contributed by atoms with Crippen LogP contribution in [0.1, 0.15) is 17.2 Å². The van der Waals surface area contributed by atoms with Gasteiger partial charge in [0.15, 0.2) is 0 Å². The molecule has 0 saturated heterocycles. The maximum Gasteiger partial charge on any atom is 0.319 e. The van der Waals surface area contributed by atoms with Crippen LogP contribution in [0.15, 0.2) is 42.5 Å². The molecule has 0 saturated carbocycles. The van der Waals surface area contributed by atoms with Crippen molar-refractivity contribution in [3.05, 3.63) is 59.4 Å². The maximum atomic E-state index is 13.3. The van der Waals surface area contributed by atoms with E-state index in [9.17, 15) is 14.3 Å². The van der Waals surface area contributed by atoms with E-state index in [0.29, 0.717) is 12.2 Å². The molecule has 23 heavy (non-hydrogen) atoms. The number of nitrogens with one attached hydrogen (secondary N) is 2. The first kappa shape index (κ1) is 15.3. The van der Waals surface area contributed by atoms with Crippen LogP contribution in [0.3, 0.4) is 0 Å². The summed E-state index contributed by atoms with van der Waals surface area (Å²) in [6.45, 7) is 0. The van der Waals surface area contributed by atoms with E-state index in [1.54, 1.807) is 0 Å². The molecule has 0 spiro atoms. The third-order valence-corrected chi connectivity index (χ3v) is 3.90. The molecule has 0 bridgehead atoms. The molecule has 2 amide bonds. The molecule has 1 aliphatic rings. The smallest absolute Gasteiger partial charge is 0.319 e. The molecule has 2 aromatic rings. The second-order valence-electron chi connectivity index (χ2n) is 5.39. The monoisotopic (exact) mass is 316 g/mol. The van der Waals surface area contributed by atoms with Crippen LogP contribution in [0.2, 0.25) is 0 Å². The van der Waals surface area contributed by atoms with E-state index < -0.39 is 24.0 Å². The van der Waals surface area contributed by atoms with Crippen LogP contribution >= 0.6 is 0 Å². The van der Waals surface area contributed by atoms with Gasteiger partial charge >= 0.3 is 6.03 Å². The molecular weight excluding hydrogens is 299 g/mol. The van der Waals surface area contributed by atoms with Gasteiger partial charge in [0, 0.05) is 12.5 Å². The predicted octanol–water partition coefficient (Wildman–Crippen LogP) is 2.61. The lowest BCUT2D eigenvalue weighted by molar-refractivity contribution is 0.144. The number of rotatable bonds is 3. The van der Waals surface area contributed by atoms with Crippen molar-refractivity contribution in [3.63, 3.8) is 0 Å². The Balaban J connectivity index is 1.74. The molecule has 1 aliphatic carbocycles. The summed E-state index contributed by atoms with van der Waals surface area (Å²) in [7, 11) is 1.44. The molecule has 3 N–H and O–H groups in total. The zero-order chi connectivity index (χ0) is 16.4. The number of halogens is 1. The second kappa shape index (κ2) is 6.26. The van der Waals surface area contributed by atoms with Crippen molar-refractivity contribution in [1.29, 1.82) is 0 Å². The van der Waals surface area contributed by atoms with Crippen molar-refractivity contribution in [3.8, 4) is 5.75 Å². The minimum absolute atomic E-state index is 0.228. The molecule has 0 aromatic heterocycles. The van der Waals surface area contributed by atoms with E-state index in [4.69, 9.17) is 4.74 Å². The summed E-state index contributed by atoms with van der Waals surface area (Å²) in [6, 6.07) is 10.4. The van der Waals surface area contributed by atoms with Crippen LogP contribution in [0, 0.1) is 5.82 Å². The van der Waals surface area contributed by atoms with Crippen LogP contribution in [0.5, 0.6) is 5.75 Å². The predicted molar refractivity (Wildman–Crippen MR) is 84.0 cm³/mol. The topological polar surface area (TPSA) is 70.6 Å². The van der Waals surface area contributed by atoms with E-state index in [0.717, 1.165) is 11.1 Å². The Morgan fingerprint density at radius 3 is 2.87 bits per heavy atom. The highest BCUT2D eigenvalue weighted by Crippen LogP contribution is 2.31. The molecule has 0 unspecified atom stereocenters. The average Bonchev–Trinajstić information content (AvgIpc) is 2.83. The van der Waals surface area contributed by atoms with E-state index in [1.807, 2.05) is 24.3 Å². The highest BCUT2D eigenvalue weighted by Gasteiger charge is 2.31. The molecule has 6 heteroatoms. The number of methoxy groups -OCH3 is 1. The van der Waals surface area contributed by atoms with Gasteiger partial charge in [0.05, 0.1) is 24.9 Å². The number of benzene rings is 2. The summed E-state index contributed by atoms with van der Waals surface area (Å²) >= 11 is 0. The maximum absolute atomic E-state index is 13.3. The third kappa shape index (κ3) is 3.12. The van der Waals surface area contributed by atoms with Crippen LogP contribution in [0.4, 0.5) is 14.9 Å². The van der Waals surface area contributed by atoms with Gasteiger partial charge in [-0.3, -0.25) is 0 Å². The molecule has 5 nitrogen and oxygen atoms in total. The fourth-order valence-electron chi connectivity index (χ4n) is 2.83. The average molecular weight is 316 g/mol. The lowest BCUT2D eigenvalue weighted by Gasteiger charge is -2.19. The molecular formula is C17H17FN2O3. The first-order valence-electron chi connectivity index (χ1n) is 7.25. The van der Waals surface area contributed by atoms with Gasteiger partial charge in [-0.2, -0.15) is 0 Å². The van der Waals surface area contributed by atoms with Gasteiger partial charge in [0.2, 0.25) is 0 Å². The first-order chi connectivity index (χ1) is 11.1. The number of anilines is 1. The van der Waals surface area contributed by atoms with Crippen molar-refractivity contribution in [2.75, 3.05) is 12.4 Å². The Morgan fingerprint density at radius 1 is 1.30 bits per heavy atom. The molecule has 3 rings (SSSR count). The Morgan fingerprint density at radius 2 is 2.09 bits per heavy atom. The SMILES string of the molecule is COc1ccc(F)cc1NC(=O)N[C@@H]1c2ccccc2C[C@@H]1O. The Kier molecular flexibility index (Phi) is 4.16. The van der Waals surface area contributed by atoms with Crippen LogP contribution in [-0.2, 0) is 6.42 Å². The van der Waals surface area contributed by atoms with Crippen molar-refractivity contribution in [2.45, 2.75) is 18.6 Å². The van der Waals surface area contributed by atoms with E-state index in [1.165, 1.54) is 25.3 Å². The van der Waals surface area contributed by atoms with E-state index >= 15 is 0 Å². The number of carbonyl (C=O) groups excluding carboxylic acids is 1. The van der Waals surface area contributed by atoms with Crippen LogP contribution < -0.4 is 15.4 Å². The van der Waals surface area contributed by atoms with Gasteiger partial charge in [-0.1, -0.05) is 24.3 Å². The summed E-state index contributed by atoms with van der Waals surface area (Å²) in [5.74, 6) is -0.124. The summed E-state index contributed by atoms with van der Waals surface area (Å²) in [4.78, 5) is 12.2. The van der Waals surface area contributed by atoms with Gasteiger partial charge in [0.1, 0.15) is 11.6 Å². The largest absolute Gasteiger partial charge is 0.495 e. The minimum atomic E-state index is -0.687. The molecule has 2 aromatic carbocycles. The lowest BCUT2D eigenvalue weighted by Crippen LogP contribution is -2.36. The van der Waals surface area contributed by atoms with Gasteiger partial charge in [-0.25, -0.2) is 9.18 Å². The Bertz CT molecular complexity index is 736. The van der Waals surface area contributed by atoms with Gasteiger partial charge in [0.25, 0.3) is 0 Å². The molecule has 0 aliphatic heterocycles. The normalized spacial score (nSPS) is 19.1. The molecule has 120 valence electrons. The van der Waals surface area contributed by atoms with Crippen molar-refractivity contribution >= 4 is 11.7 Å². The minimum Gasteiger partial charge on any atom is -0.495 e. The molecule has 0 radical (unpaired) electrons. The molecule has 0 fully saturated rings. The van der Waals surface area contributed by atoms with Crippen molar-refractivity contribution < 1.29 is 19.0 Å².